The predicted octanol–water partition coefficient (Wildman–Crippen LogP) is 0.996. The Morgan fingerprint density at radius 1 is 1.50 bits per heavy atom. The van der Waals surface area contributed by atoms with Crippen molar-refractivity contribution < 1.29 is 4.79 Å². The number of hydrazine groups is 1. The quantitative estimate of drug-likeness (QED) is 0.669. The Bertz CT molecular complexity index is 480. The first-order chi connectivity index (χ1) is 9.79. The lowest BCUT2D eigenvalue weighted by Gasteiger charge is -2.44. The molecule has 0 saturated carbocycles. The zero-order valence-electron chi connectivity index (χ0n) is 11.9. The van der Waals surface area contributed by atoms with E-state index in [4.69, 9.17) is 0 Å². The van der Waals surface area contributed by atoms with Crippen LogP contribution in [0, 0.1) is 5.92 Å². The molecule has 0 bridgehead atoms. The molecule has 0 radical (unpaired) electrons. The fraction of sp³-hybridized carbons (Fsp3) is 0.533. The van der Waals surface area contributed by atoms with E-state index in [0.717, 1.165) is 13.0 Å². The van der Waals surface area contributed by atoms with Gasteiger partial charge in [0.05, 0.1) is 0 Å². The maximum Gasteiger partial charge on any atom is 0.224 e. The van der Waals surface area contributed by atoms with Crippen LogP contribution in [0.25, 0.3) is 0 Å². The van der Waals surface area contributed by atoms with Crippen molar-refractivity contribution >= 4 is 5.91 Å². The van der Waals surface area contributed by atoms with Gasteiger partial charge in [-0.05, 0) is 29.8 Å². The second-order valence-electron chi connectivity index (χ2n) is 5.50. The van der Waals surface area contributed by atoms with Gasteiger partial charge in [0.25, 0.3) is 0 Å². The SMILES string of the molecule is CCCCNN1C=C2CC(=O)NCC2C2=CC=CNC21. The van der Waals surface area contributed by atoms with E-state index in [0.29, 0.717) is 18.9 Å². The first-order valence-corrected chi connectivity index (χ1v) is 7.41. The van der Waals surface area contributed by atoms with Gasteiger partial charge in [-0.1, -0.05) is 19.4 Å². The second kappa shape index (κ2) is 5.71. The summed E-state index contributed by atoms with van der Waals surface area (Å²) in [5, 5.41) is 8.49. The summed E-state index contributed by atoms with van der Waals surface area (Å²) in [5.74, 6) is 0.457. The van der Waals surface area contributed by atoms with Crippen molar-refractivity contribution in [2.24, 2.45) is 5.92 Å². The van der Waals surface area contributed by atoms with Crippen LogP contribution in [0.1, 0.15) is 26.2 Å². The summed E-state index contributed by atoms with van der Waals surface area (Å²) in [4.78, 5) is 11.6. The molecule has 1 saturated heterocycles. The summed E-state index contributed by atoms with van der Waals surface area (Å²) in [6.07, 6.45) is 11.3. The van der Waals surface area contributed by atoms with Crippen molar-refractivity contribution in [1.82, 2.24) is 21.1 Å². The summed E-state index contributed by atoms with van der Waals surface area (Å²) < 4.78 is 0. The first-order valence-electron chi connectivity index (χ1n) is 7.41. The minimum absolute atomic E-state index is 0.124. The van der Waals surface area contributed by atoms with Gasteiger partial charge in [-0.2, -0.15) is 0 Å². The zero-order valence-corrected chi connectivity index (χ0v) is 11.9. The van der Waals surface area contributed by atoms with Crippen molar-refractivity contribution in [3.05, 3.63) is 35.7 Å². The number of carbonyl (C=O) groups excluding carboxylic acids is 1. The van der Waals surface area contributed by atoms with E-state index in [9.17, 15) is 4.79 Å². The molecule has 108 valence electrons. The Hall–Kier alpha value is -1.75. The van der Waals surface area contributed by atoms with Gasteiger partial charge in [0.15, 0.2) is 0 Å². The van der Waals surface area contributed by atoms with E-state index in [2.05, 4.69) is 40.3 Å². The molecule has 3 rings (SSSR count). The molecule has 0 aromatic carbocycles. The van der Waals surface area contributed by atoms with Gasteiger partial charge >= 0.3 is 0 Å². The number of hydrogen-bond acceptors (Lipinski definition) is 4. The average molecular weight is 274 g/mol. The number of carbonyl (C=O) groups is 1. The lowest BCUT2D eigenvalue weighted by molar-refractivity contribution is -0.121. The van der Waals surface area contributed by atoms with Crippen LogP contribution < -0.4 is 16.1 Å². The van der Waals surface area contributed by atoms with E-state index >= 15 is 0 Å². The Morgan fingerprint density at radius 2 is 2.40 bits per heavy atom. The van der Waals surface area contributed by atoms with Crippen LogP contribution in [-0.2, 0) is 4.79 Å². The minimum Gasteiger partial charge on any atom is -0.367 e. The van der Waals surface area contributed by atoms with Crippen molar-refractivity contribution in [1.29, 1.82) is 0 Å². The van der Waals surface area contributed by atoms with Crippen LogP contribution in [-0.4, -0.2) is 30.2 Å². The molecular weight excluding hydrogens is 252 g/mol. The fourth-order valence-corrected chi connectivity index (χ4v) is 3.00. The fourth-order valence-electron chi connectivity index (χ4n) is 3.00. The lowest BCUT2D eigenvalue weighted by atomic mass is 9.81. The van der Waals surface area contributed by atoms with E-state index < -0.39 is 0 Å². The van der Waals surface area contributed by atoms with E-state index in [1.807, 2.05) is 12.3 Å². The molecule has 2 atom stereocenters. The highest BCUT2D eigenvalue weighted by molar-refractivity contribution is 5.80. The number of nitrogens with zero attached hydrogens (tertiary/aromatic N) is 1. The number of piperidine rings is 1. The van der Waals surface area contributed by atoms with Gasteiger partial charge in [-0.3, -0.25) is 9.80 Å². The number of hydrogen-bond donors (Lipinski definition) is 3. The largest absolute Gasteiger partial charge is 0.367 e. The van der Waals surface area contributed by atoms with Gasteiger partial charge in [0.2, 0.25) is 5.91 Å². The van der Waals surface area contributed by atoms with Gasteiger partial charge in [0.1, 0.15) is 6.17 Å². The summed E-state index contributed by atoms with van der Waals surface area (Å²) in [6.45, 7) is 3.85. The predicted molar refractivity (Wildman–Crippen MR) is 78.1 cm³/mol. The van der Waals surface area contributed by atoms with Crippen molar-refractivity contribution in [2.45, 2.75) is 32.4 Å². The number of unbranched alkanes of at least 4 members (excludes halogenated alkanes) is 1. The molecule has 3 aliphatic heterocycles. The number of allylic oxidation sites excluding steroid dienone is 2. The molecular formula is C15H22N4O. The molecule has 2 unspecified atom stereocenters. The molecule has 5 nitrogen and oxygen atoms in total. The van der Waals surface area contributed by atoms with Crippen LogP contribution in [0.3, 0.4) is 0 Å². The van der Waals surface area contributed by atoms with Crippen LogP contribution >= 0.6 is 0 Å². The molecule has 0 spiro atoms. The van der Waals surface area contributed by atoms with Gasteiger partial charge in [-0.15, -0.1) is 0 Å². The smallest absolute Gasteiger partial charge is 0.224 e. The molecule has 0 aromatic heterocycles. The highest BCUT2D eigenvalue weighted by Gasteiger charge is 2.36. The van der Waals surface area contributed by atoms with Crippen LogP contribution in [0.2, 0.25) is 0 Å². The zero-order chi connectivity index (χ0) is 13.9. The molecule has 20 heavy (non-hydrogen) atoms. The molecule has 1 fully saturated rings. The van der Waals surface area contributed by atoms with Crippen LogP contribution in [0.5, 0.6) is 0 Å². The Labute approximate surface area is 119 Å². The van der Waals surface area contributed by atoms with E-state index in [1.165, 1.54) is 17.6 Å². The van der Waals surface area contributed by atoms with Crippen molar-refractivity contribution in [3.63, 3.8) is 0 Å². The maximum absolute atomic E-state index is 11.6. The molecule has 3 N–H and O–H groups in total. The van der Waals surface area contributed by atoms with E-state index in [1.54, 1.807) is 0 Å². The highest BCUT2D eigenvalue weighted by Crippen LogP contribution is 2.34. The summed E-state index contributed by atoms with van der Waals surface area (Å²) >= 11 is 0. The Balaban J connectivity index is 1.83. The number of amides is 1. The molecule has 3 heterocycles. The van der Waals surface area contributed by atoms with Gasteiger partial charge < -0.3 is 10.6 Å². The third-order valence-corrected chi connectivity index (χ3v) is 4.08. The molecule has 5 heteroatoms. The second-order valence-corrected chi connectivity index (χ2v) is 5.50. The van der Waals surface area contributed by atoms with Gasteiger partial charge in [-0.25, -0.2) is 5.43 Å². The summed E-state index contributed by atoms with van der Waals surface area (Å²) in [6, 6.07) is 0. The maximum atomic E-state index is 11.6. The van der Waals surface area contributed by atoms with Crippen LogP contribution in [0.4, 0.5) is 0 Å². The Morgan fingerprint density at radius 3 is 3.25 bits per heavy atom. The lowest BCUT2D eigenvalue weighted by Crippen LogP contribution is -2.56. The summed E-state index contributed by atoms with van der Waals surface area (Å²) in [7, 11) is 0. The first kappa shape index (κ1) is 13.2. The highest BCUT2D eigenvalue weighted by atomic mass is 16.1. The topological polar surface area (TPSA) is 56.4 Å². The van der Waals surface area contributed by atoms with E-state index in [-0.39, 0.29) is 12.1 Å². The van der Waals surface area contributed by atoms with Crippen LogP contribution in [0.15, 0.2) is 35.7 Å². The normalized spacial score (nSPS) is 27.9. The molecule has 3 aliphatic rings. The average Bonchev–Trinajstić information content (AvgIpc) is 2.47. The molecule has 0 aromatic rings. The molecule has 0 aliphatic carbocycles. The number of nitrogens with one attached hydrogen (secondary N) is 3. The monoisotopic (exact) mass is 274 g/mol. The third-order valence-electron chi connectivity index (χ3n) is 4.08. The third kappa shape index (κ3) is 2.45. The molecule has 1 amide bonds. The number of fused-ring (bicyclic) bond motifs is 3. The number of rotatable bonds is 4. The summed E-state index contributed by atoms with van der Waals surface area (Å²) in [5.41, 5.74) is 5.99. The Kier molecular flexibility index (Phi) is 3.78. The number of dihydropyridines is 1. The van der Waals surface area contributed by atoms with Gasteiger partial charge in [0, 0.05) is 31.6 Å². The van der Waals surface area contributed by atoms with Crippen molar-refractivity contribution in [3.8, 4) is 0 Å². The minimum atomic E-state index is 0.124. The standard InChI is InChI=1S/C15H22N4O/c1-2-3-7-18-19-10-11-8-14(20)17-9-13(11)12-5-4-6-16-15(12)19/h4-6,10,13,15-16,18H,2-3,7-9H2,1H3,(H,17,20). The van der Waals surface area contributed by atoms with Crippen molar-refractivity contribution in [2.75, 3.05) is 13.1 Å².